The molecule has 0 spiro atoms. The lowest BCUT2D eigenvalue weighted by atomic mass is 9.82. The predicted octanol–water partition coefficient (Wildman–Crippen LogP) is 2.02. The highest BCUT2D eigenvalue weighted by molar-refractivity contribution is 4.97. The van der Waals surface area contributed by atoms with Crippen LogP contribution in [-0.4, -0.2) is 56.0 Å². The van der Waals surface area contributed by atoms with Crippen LogP contribution in [0.2, 0.25) is 0 Å². The van der Waals surface area contributed by atoms with E-state index in [0.717, 1.165) is 39.0 Å². The quantitative estimate of drug-likeness (QED) is 0.734. The van der Waals surface area contributed by atoms with Crippen molar-refractivity contribution in [2.45, 2.75) is 64.1 Å². The summed E-state index contributed by atoms with van der Waals surface area (Å²) in [5.74, 6) is 0. The lowest BCUT2D eigenvalue weighted by Crippen LogP contribution is -2.61. The van der Waals surface area contributed by atoms with E-state index in [1.165, 1.54) is 6.42 Å². The molecule has 2 N–H and O–H groups in total. The first kappa shape index (κ1) is 16.9. The van der Waals surface area contributed by atoms with Gasteiger partial charge in [0.2, 0.25) is 0 Å². The summed E-state index contributed by atoms with van der Waals surface area (Å²) >= 11 is 0. The summed E-state index contributed by atoms with van der Waals surface area (Å²) in [7, 11) is 1.77. The van der Waals surface area contributed by atoms with E-state index >= 15 is 0 Å². The second-order valence-electron chi connectivity index (χ2n) is 5.75. The zero-order valence-corrected chi connectivity index (χ0v) is 13.2. The Hall–Kier alpha value is -0.160. The Morgan fingerprint density at radius 1 is 1.47 bits per heavy atom. The second-order valence-corrected chi connectivity index (χ2v) is 5.75. The second kappa shape index (κ2) is 8.20. The van der Waals surface area contributed by atoms with Gasteiger partial charge in [-0.3, -0.25) is 4.90 Å². The van der Waals surface area contributed by atoms with Crippen molar-refractivity contribution >= 4 is 0 Å². The monoisotopic (exact) mass is 272 g/mol. The van der Waals surface area contributed by atoms with Crippen LogP contribution in [0.1, 0.15) is 46.5 Å². The lowest BCUT2D eigenvalue weighted by molar-refractivity contribution is -0.0895. The topological polar surface area (TPSA) is 47.7 Å². The molecule has 3 atom stereocenters. The fraction of sp³-hybridized carbons (Fsp3) is 1.00. The highest BCUT2D eigenvalue weighted by Crippen LogP contribution is 2.33. The number of hydrogen-bond acceptors (Lipinski definition) is 4. The van der Waals surface area contributed by atoms with Gasteiger partial charge in [0.05, 0.1) is 12.7 Å². The summed E-state index contributed by atoms with van der Waals surface area (Å²) in [5.41, 5.74) is 6.26. The molecule has 0 bridgehead atoms. The third-order valence-corrected chi connectivity index (χ3v) is 4.41. The molecule has 1 saturated heterocycles. The van der Waals surface area contributed by atoms with Gasteiger partial charge in [-0.05, 0) is 32.7 Å². The van der Waals surface area contributed by atoms with Gasteiger partial charge in [-0.25, -0.2) is 0 Å². The van der Waals surface area contributed by atoms with Gasteiger partial charge in [-0.15, -0.1) is 0 Å². The zero-order valence-electron chi connectivity index (χ0n) is 13.2. The summed E-state index contributed by atoms with van der Waals surface area (Å²) in [6.07, 6.45) is 4.76. The number of methoxy groups -OCH3 is 1. The fourth-order valence-electron chi connectivity index (χ4n) is 3.52. The van der Waals surface area contributed by atoms with Crippen molar-refractivity contribution in [3.8, 4) is 0 Å². The first-order valence-electron chi connectivity index (χ1n) is 7.70. The minimum Gasteiger partial charge on any atom is -0.383 e. The third-order valence-electron chi connectivity index (χ3n) is 4.41. The fourth-order valence-corrected chi connectivity index (χ4v) is 3.52. The van der Waals surface area contributed by atoms with Crippen LogP contribution in [0.4, 0.5) is 0 Å². The molecule has 0 aromatic rings. The molecule has 1 fully saturated rings. The van der Waals surface area contributed by atoms with Crippen molar-refractivity contribution in [2.24, 2.45) is 5.73 Å². The molecule has 1 heterocycles. The number of likely N-dealkylation sites (N-methyl/N-ethyl adjacent to an activating group) is 1. The van der Waals surface area contributed by atoms with Gasteiger partial charge in [-0.1, -0.05) is 20.3 Å². The Labute approximate surface area is 118 Å². The van der Waals surface area contributed by atoms with Crippen molar-refractivity contribution < 1.29 is 9.47 Å². The van der Waals surface area contributed by atoms with Crippen LogP contribution in [0.25, 0.3) is 0 Å². The van der Waals surface area contributed by atoms with Gasteiger partial charge in [0, 0.05) is 31.8 Å². The molecule has 0 saturated carbocycles. The van der Waals surface area contributed by atoms with E-state index < -0.39 is 0 Å². The summed E-state index contributed by atoms with van der Waals surface area (Å²) in [6.45, 7) is 9.97. The molecule has 0 aromatic carbocycles. The SMILES string of the molecule is CCCC1CC(CN)(N(CC)C(C)COC)CCO1. The van der Waals surface area contributed by atoms with E-state index in [-0.39, 0.29) is 5.54 Å². The van der Waals surface area contributed by atoms with Gasteiger partial charge in [0.1, 0.15) is 0 Å². The van der Waals surface area contributed by atoms with Gasteiger partial charge in [0.25, 0.3) is 0 Å². The van der Waals surface area contributed by atoms with Crippen molar-refractivity contribution in [3.05, 3.63) is 0 Å². The standard InChI is InChI=1S/C15H32N2O2/c1-5-7-14-10-15(12-16,8-9-19-14)17(6-2)13(3)11-18-4/h13-14H,5-12,16H2,1-4H3. The number of nitrogens with zero attached hydrogens (tertiary/aromatic N) is 1. The lowest BCUT2D eigenvalue weighted by Gasteiger charge is -2.50. The average Bonchev–Trinajstić information content (AvgIpc) is 2.40. The first-order chi connectivity index (χ1) is 9.13. The summed E-state index contributed by atoms with van der Waals surface area (Å²) in [4.78, 5) is 2.53. The Morgan fingerprint density at radius 2 is 2.21 bits per heavy atom. The van der Waals surface area contributed by atoms with Gasteiger partial charge >= 0.3 is 0 Å². The van der Waals surface area contributed by atoms with E-state index in [2.05, 4.69) is 25.7 Å². The molecule has 3 unspecified atom stereocenters. The number of rotatable bonds is 8. The van der Waals surface area contributed by atoms with E-state index in [1.54, 1.807) is 7.11 Å². The maximum Gasteiger partial charge on any atom is 0.0615 e. The summed E-state index contributed by atoms with van der Waals surface area (Å²) in [6, 6.07) is 0.402. The maximum absolute atomic E-state index is 6.17. The highest BCUT2D eigenvalue weighted by Gasteiger charge is 2.41. The zero-order chi connectivity index (χ0) is 14.3. The van der Waals surface area contributed by atoms with E-state index in [0.29, 0.717) is 18.7 Å². The molecule has 4 nitrogen and oxygen atoms in total. The van der Waals surface area contributed by atoms with Crippen molar-refractivity contribution in [2.75, 3.05) is 33.4 Å². The van der Waals surface area contributed by atoms with Crippen LogP contribution in [0, 0.1) is 0 Å². The van der Waals surface area contributed by atoms with E-state index in [9.17, 15) is 0 Å². The molecule has 114 valence electrons. The minimum absolute atomic E-state index is 0.0881. The normalized spacial score (nSPS) is 29.7. The number of hydrogen-bond donors (Lipinski definition) is 1. The van der Waals surface area contributed by atoms with Crippen LogP contribution in [0.15, 0.2) is 0 Å². The Kier molecular flexibility index (Phi) is 7.29. The van der Waals surface area contributed by atoms with Gasteiger partial charge < -0.3 is 15.2 Å². The third kappa shape index (κ3) is 4.15. The Morgan fingerprint density at radius 3 is 2.74 bits per heavy atom. The summed E-state index contributed by atoms with van der Waals surface area (Å²) in [5, 5.41) is 0. The van der Waals surface area contributed by atoms with Crippen LogP contribution in [0.5, 0.6) is 0 Å². The van der Waals surface area contributed by atoms with Crippen molar-refractivity contribution in [1.29, 1.82) is 0 Å². The molecule has 19 heavy (non-hydrogen) atoms. The van der Waals surface area contributed by atoms with Crippen LogP contribution in [-0.2, 0) is 9.47 Å². The predicted molar refractivity (Wildman–Crippen MR) is 79.4 cm³/mol. The van der Waals surface area contributed by atoms with Crippen LogP contribution < -0.4 is 5.73 Å². The molecule has 1 rings (SSSR count). The van der Waals surface area contributed by atoms with Crippen LogP contribution in [0.3, 0.4) is 0 Å². The Bertz CT molecular complexity index is 248. The van der Waals surface area contributed by atoms with Gasteiger partial charge in [-0.2, -0.15) is 0 Å². The average molecular weight is 272 g/mol. The smallest absolute Gasteiger partial charge is 0.0615 e. The van der Waals surface area contributed by atoms with E-state index in [1.807, 2.05) is 0 Å². The van der Waals surface area contributed by atoms with Gasteiger partial charge in [0.15, 0.2) is 0 Å². The molecule has 1 aliphatic heterocycles. The number of nitrogens with two attached hydrogens (primary N) is 1. The van der Waals surface area contributed by atoms with Crippen molar-refractivity contribution in [3.63, 3.8) is 0 Å². The summed E-state index contributed by atoms with van der Waals surface area (Å²) < 4.78 is 11.2. The molecule has 0 aliphatic carbocycles. The highest BCUT2D eigenvalue weighted by atomic mass is 16.5. The molecule has 0 amide bonds. The molecule has 1 aliphatic rings. The molecule has 0 aromatic heterocycles. The molecular formula is C15H32N2O2. The molecule has 0 radical (unpaired) electrons. The number of ether oxygens (including phenoxy) is 2. The minimum atomic E-state index is 0.0881. The first-order valence-corrected chi connectivity index (χ1v) is 7.70. The van der Waals surface area contributed by atoms with Crippen LogP contribution >= 0.6 is 0 Å². The van der Waals surface area contributed by atoms with E-state index in [4.69, 9.17) is 15.2 Å². The van der Waals surface area contributed by atoms with Crippen molar-refractivity contribution in [1.82, 2.24) is 4.90 Å². The molecular weight excluding hydrogens is 240 g/mol. The largest absolute Gasteiger partial charge is 0.383 e. The maximum atomic E-state index is 6.17. The molecule has 4 heteroatoms. The Balaban J connectivity index is 2.80.